The average Bonchev–Trinajstić information content (AvgIpc) is 2.77. The molecule has 2 rings (SSSR count). The predicted molar refractivity (Wildman–Crippen MR) is 80.7 cm³/mol. The molecule has 6 heteroatoms. The molecule has 0 aromatic carbocycles. The van der Waals surface area contributed by atoms with E-state index in [1.54, 1.807) is 11.3 Å². The molecule has 0 aliphatic heterocycles. The van der Waals surface area contributed by atoms with Crippen LogP contribution in [-0.2, 0) is 17.6 Å². The van der Waals surface area contributed by atoms with E-state index in [1.807, 2.05) is 5.38 Å². The highest BCUT2D eigenvalue weighted by Gasteiger charge is 2.27. The van der Waals surface area contributed by atoms with Crippen molar-refractivity contribution >= 4 is 23.2 Å². The molecule has 0 saturated heterocycles. The number of hydrogen-bond donors (Lipinski definition) is 3. The SMILES string of the molecule is CC1CCc2c(C(=O)NCC(C)(O)CC(=O)O)csc2C1. The topological polar surface area (TPSA) is 86.6 Å². The summed E-state index contributed by atoms with van der Waals surface area (Å²) < 4.78 is 0. The number of fused-ring (bicyclic) bond motifs is 1. The third-order valence-corrected chi connectivity index (χ3v) is 4.86. The lowest BCUT2D eigenvalue weighted by molar-refractivity contribution is -0.141. The van der Waals surface area contributed by atoms with E-state index in [-0.39, 0.29) is 12.5 Å². The first kappa shape index (κ1) is 16.0. The molecule has 1 heterocycles. The van der Waals surface area contributed by atoms with Gasteiger partial charge < -0.3 is 15.5 Å². The third-order valence-electron chi connectivity index (χ3n) is 3.81. The Kier molecular flexibility index (Phi) is 4.68. The Labute approximate surface area is 128 Å². The summed E-state index contributed by atoms with van der Waals surface area (Å²) >= 11 is 1.61. The zero-order valence-electron chi connectivity index (χ0n) is 12.3. The van der Waals surface area contributed by atoms with Gasteiger partial charge in [-0.05, 0) is 37.7 Å². The number of amides is 1. The lowest BCUT2D eigenvalue weighted by atomic mass is 9.88. The molecule has 0 saturated carbocycles. The normalized spacial score (nSPS) is 20.4. The lowest BCUT2D eigenvalue weighted by Crippen LogP contribution is -2.42. The maximum Gasteiger partial charge on any atom is 0.306 e. The number of thiophene rings is 1. The fraction of sp³-hybridized carbons (Fsp3) is 0.600. The highest BCUT2D eigenvalue weighted by molar-refractivity contribution is 7.10. The third kappa shape index (κ3) is 4.04. The van der Waals surface area contributed by atoms with E-state index in [0.29, 0.717) is 11.5 Å². The Morgan fingerprint density at radius 2 is 2.24 bits per heavy atom. The van der Waals surface area contributed by atoms with Gasteiger partial charge in [-0.2, -0.15) is 0 Å². The van der Waals surface area contributed by atoms with E-state index in [0.717, 1.165) is 24.8 Å². The summed E-state index contributed by atoms with van der Waals surface area (Å²) in [4.78, 5) is 24.1. The van der Waals surface area contributed by atoms with Gasteiger partial charge in [-0.25, -0.2) is 0 Å². The summed E-state index contributed by atoms with van der Waals surface area (Å²) in [6.45, 7) is 3.55. The number of carbonyl (C=O) groups excluding carboxylic acids is 1. The number of nitrogens with one attached hydrogen (secondary N) is 1. The maximum absolute atomic E-state index is 12.2. The number of aliphatic hydroxyl groups is 1. The fourth-order valence-corrected chi connectivity index (χ4v) is 3.87. The van der Waals surface area contributed by atoms with E-state index >= 15 is 0 Å². The van der Waals surface area contributed by atoms with Crippen LogP contribution in [0.4, 0.5) is 0 Å². The van der Waals surface area contributed by atoms with Gasteiger partial charge in [-0.15, -0.1) is 11.3 Å². The van der Waals surface area contributed by atoms with E-state index in [4.69, 9.17) is 5.11 Å². The number of rotatable bonds is 5. The Balaban J connectivity index is 2.00. The molecule has 0 bridgehead atoms. The van der Waals surface area contributed by atoms with Crippen molar-refractivity contribution in [3.8, 4) is 0 Å². The molecule has 1 aliphatic rings. The number of carboxylic acid groups (broad SMARTS) is 1. The standard InChI is InChI=1S/C15H21NO4S/c1-9-3-4-10-11(7-21-12(10)5-9)14(19)16-8-15(2,20)6-13(17)18/h7,9,20H,3-6,8H2,1-2H3,(H,16,19)(H,17,18). The van der Waals surface area contributed by atoms with Gasteiger partial charge in [0.2, 0.25) is 0 Å². The molecule has 1 aromatic heterocycles. The summed E-state index contributed by atoms with van der Waals surface area (Å²) in [6, 6.07) is 0. The minimum atomic E-state index is -1.44. The van der Waals surface area contributed by atoms with Crippen molar-refractivity contribution in [1.29, 1.82) is 0 Å². The monoisotopic (exact) mass is 311 g/mol. The fourth-order valence-electron chi connectivity index (χ4n) is 2.62. The van der Waals surface area contributed by atoms with Crippen LogP contribution in [0.5, 0.6) is 0 Å². The Bertz CT molecular complexity index is 550. The largest absolute Gasteiger partial charge is 0.481 e. The predicted octanol–water partition coefficient (Wildman–Crippen LogP) is 1.83. The molecule has 2 unspecified atom stereocenters. The molecular formula is C15H21NO4S. The summed E-state index contributed by atoms with van der Waals surface area (Å²) in [5.41, 5.74) is 0.355. The number of aliphatic carboxylic acids is 1. The highest BCUT2D eigenvalue weighted by atomic mass is 32.1. The van der Waals surface area contributed by atoms with Gasteiger partial charge in [-0.1, -0.05) is 6.92 Å². The Morgan fingerprint density at radius 3 is 2.90 bits per heavy atom. The average molecular weight is 311 g/mol. The Hall–Kier alpha value is -1.40. The van der Waals surface area contributed by atoms with Crippen molar-refractivity contribution in [2.45, 2.75) is 45.1 Å². The molecule has 2 atom stereocenters. The van der Waals surface area contributed by atoms with Crippen LogP contribution in [0.1, 0.15) is 47.5 Å². The van der Waals surface area contributed by atoms with E-state index in [2.05, 4.69) is 12.2 Å². The summed E-state index contributed by atoms with van der Waals surface area (Å²) in [5, 5.41) is 23.1. The van der Waals surface area contributed by atoms with Gasteiger partial charge in [-0.3, -0.25) is 9.59 Å². The molecule has 1 aliphatic carbocycles. The minimum Gasteiger partial charge on any atom is -0.481 e. The Morgan fingerprint density at radius 1 is 1.52 bits per heavy atom. The van der Waals surface area contributed by atoms with Crippen LogP contribution < -0.4 is 5.32 Å². The first-order chi connectivity index (χ1) is 9.78. The second-order valence-corrected chi connectivity index (χ2v) is 7.11. The molecule has 3 N–H and O–H groups in total. The first-order valence-corrected chi connectivity index (χ1v) is 7.98. The molecule has 0 spiro atoms. The van der Waals surface area contributed by atoms with Gasteiger partial charge in [0.15, 0.2) is 0 Å². The van der Waals surface area contributed by atoms with Crippen molar-refractivity contribution in [2.75, 3.05) is 6.54 Å². The van der Waals surface area contributed by atoms with E-state index in [9.17, 15) is 14.7 Å². The number of hydrogen-bond acceptors (Lipinski definition) is 4. The van der Waals surface area contributed by atoms with E-state index in [1.165, 1.54) is 11.8 Å². The molecule has 5 nitrogen and oxygen atoms in total. The summed E-state index contributed by atoms with van der Waals surface area (Å²) in [6.07, 6.45) is 2.62. The van der Waals surface area contributed by atoms with Gasteiger partial charge in [0, 0.05) is 16.8 Å². The summed E-state index contributed by atoms with van der Waals surface area (Å²) in [7, 11) is 0. The van der Waals surface area contributed by atoms with Crippen molar-refractivity contribution in [3.05, 3.63) is 21.4 Å². The van der Waals surface area contributed by atoms with Crippen LogP contribution in [0.2, 0.25) is 0 Å². The van der Waals surface area contributed by atoms with Crippen LogP contribution in [0.15, 0.2) is 5.38 Å². The molecule has 0 fully saturated rings. The number of carboxylic acids is 1. The van der Waals surface area contributed by atoms with Gasteiger partial charge in [0.25, 0.3) is 5.91 Å². The quantitative estimate of drug-likeness (QED) is 0.774. The van der Waals surface area contributed by atoms with Crippen molar-refractivity contribution in [1.82, 2.24) is 5.32 Å². The maximum atomic E-state index is 12.2. The molecule has 1 amide bonds. The highest BCUT2D eigenvalue weighted by Crippen LogP contribution is 2.32. The van der Waals surface area contributed by atoms with Crippen LogP contribution in [0.25, 0.3) is 0 Å². The number of carbonyl (C=O) groups is 2. The minimum absolute atomic E-state index is 0.0703. The smallest absolute Gasteiger partial charge is 0.306 e. The second kappa shape index (κ2) is 6.15. The van der Waals surface area contributed by atoms with Crippen LogP contribution in [-0.4, -0.2) is 34.2 Å². The van der Waals surface area contributed by atoms with Crippen LogP contribution in [0.3, 0.4) is 0 Å². The molecule has 116 valence electrons. The van der Waals surface area contributed by atoms with Crippen LogP contribution in [0, 0.1) is 5.92 Å². The zero-order valence-corrected chi connectivity index (χ0v) is 13.1. The van der Waals surface area contributed by atoms with Gasteiger partial charge in [0.05, 0.1) is 17.6 Å². The van der Waals surface area contributed by atoms with Crippen LogP contribution >= 0.6 is 11.3 Å². The van der Waals surface area contributed by atoms with Crippen molar-refractivity contribution in [2.24, 2.45) is 5.92 Å². The van der Waals surface area contributed by atoms with E-state index < -0.39 is 18.0 Å². The molecular weight excluding hydrogens is 290 g/mol. The zero-order chi connectivity index (χ0) is 15.6. The van der Waals surface area contributed by atoms with Crippen molar-refractivity contribution in [3.63, 3.8) is 0 Å². The first-order valence-electron chi connectivity index (χ1n) is 7.10. The second-order valence-electron chi connectivity index (χ2n) is 6.15. The van der Waals surface area contributed by atoms with Gasteiger partial charge >= 0.3 is 5.97 Å². The van der Waals surface area contributed by atoms with Gasteiger partial charge in [0.1, 0.15) is 0 Å². The molecule has 1 aromatic rings. The molecule has 0 radical (unpaired) electrons. The molecule has 21 heavy (non-hydrogen) atoms. The summed E-state index contributed by atoms with van der Waals surface area (Å²) in [5.74, 6) is -0.660. The van der Waals surface area contributed by atoms with Crippen molar-refractivity contribution < 1.29 is 19.8 Å². The lowest BCUT2D eigenvalue weighted by Gasteiger charge is -2.22.